The third kappa shape index (κ3) is 3.45. The van der Waals surface area contributed by atoms with Crippen LogP contribution in [-0.4, -0.2) is 47.6 Å². The van der Waals surface area contributed by atoms with Gasteiger partial charge >= 0.3 is 0 Å². The van der Waals surface area contributed by atoms with Crippen LogP contribution in [0, 0.1) is 13.8 Å². The van der Waals surface area contributed by atoms with E-state index in [2.05, 4.69) is 41.1 Å². The molecule has 2 aromatic rings. The summed E-state index contributed by atoms with van der Waals surface area (Å²) in [6, 6.07) is 10.8. The molecule has 0 amide bonds. The summed E-state index contributed by atoms with van der Waals surface area (Å²) in [5, 5.41) is 0. The summed E-state index contributed by atoms with van der Waals surface area (Å²) in [5.41, 5.74) is 5.55. The van der Waals surface area contributed by atoms with E-state index in [-0.39, 0.29) is 5.56 Å². The first-order valence-corrected chi connectivity index (χ1v) is 8.63. The molecule has 1 aromatic carbocycles. The Morgan fingerprint density at radius 2 is 1.58 bits per heavy atom. The van der Waals surface area contributed by atoms with Gasteiger partial charge in [0.25, 0.3) is 5.56 Å². The highest BCUT2D eigenvalue weighted by molar-refractivity contribution is 5.66. The first kappa shape index (κ1) is 16.9. The zero-order chi connectivity index (χ0) is 17.3. The van der Waals surface area contributed by atoms with Crippen molar-refractivity contribution in [2.75, 3.05) is 33.2 Å². The molecule has 4 nitrogen and oxygen atoms in total. The van der Waals surface area contributed by atoms with Crippen LogP contribution in [0.1, 0.15) is 16.8 Å². The lowest BCUT2D eigenvalue weighted by molar-refractivity contribution is 0.148. The van der Waals surface area contributed by atoms with Crippen molar-refractivity contribution in [2.24, 2.45) is 7.05 Å². The van der Waals surface area contributed by atoms with E-state index in [9.17, 15) is 4.79 Å². The fourth-order valence-electron chi connectivity index (χ4n) is 3.33. The summed E-state index contributed by atoms with van der Waals surface area (Å²) in [4.78, 5) is 16.9. The standard InChI is InChI=1S/C20H27N3O/c1-15-13-19(16(2)22(4)20(15)24)18-7-5-17(6-8-18)14-23-11-9-21(3)10-12-23/h5-8,13H,9-12,14H2,1-4H3. The Balaban J connectivity index is 1.79. The topological polar surface area (TPSA) is 28.5 Å². The second kappa shape index (κ2) is 6.91. The number of aryl methyl sites for hydroxylation is 1. The fraction of sp³-hybridized carbons (Fsp3) is 0.450. The number of rotatable bonds is 3. The minimum atomic E-state index is 0.0861. The largest absolute Gasteiger partial charge is 0.315 e. The lowest BCUT2D eigenvalue weighted by Gasteiger charge is -2.32. The molecule has 2 heterocycles. The minimum Gasteiger partial charge on any atom is -0.315 e. The van der Waals surface area contributed by atoms with Gasteiger partial charge in [0.1, 0.15) is 0 Å². The molecule has 0 aliphatic carbocycles. The summed E-state index contributed by atoms with van der Waals surface area (Å²) in [6.07, 6.45) is 0. The molecule has 1 aromatic heterocycles. The molecule has 24 heavy (non-hydrogen) atoms. The van der Waals surface area contributed by atoms with E-state index in [0.717, 1.165) is 49.5 Å². The maximum Gasteiger partial charge on any atom is 0.253 e. The fourth-order valence-corrected chi connectivity index (χ4v) is 3.33. The number of pyridine rings is 1. The van der Waals surface area contributed by atoms with Gasteiger partial charge in [-0.25, -0.2) is 0 Å². The molecule has 0 bridgehead atoms. The molecule has 3 rings (SSSR count). The van der Waals surface area contributed by atoms with Crippen LogP contribution < -0.4 is 5.56 Å². The predicted octanol–water partition coefficient (Wildman–Crippen LogP) is 2.42. The molecule has 0 saturated carbocycles. The van der Waals surface area contributed by atoms with E-state index >= 15 is 0 Å². The van der Waals surface area contributed by atoms with Crippen LogP contribution in [-0.2, 0) is 13.6 Å². The van der Waals surface area contributed by atoms with E-state index in [4.69, 9.17) is 0 Å². The van der Waals surface area contributed by atoms with Crippen molar-refractivity contribution in [3.63, 3.8) is 0 Å². The van der Waals surface area contributed by atoms with Gasteiger partial charge < -0.3 is 9.47 Å². The Labute approximate surface area is 144 Å². The normalized spacial score (nSPS) is 16.5. The Morgan fingerprint density at radius 1 is 0.958 bits per heavy atom. The van der Waals surface area contributed by atoms with Gasteiger partial charge in [-0.05, 0) is 38.1 Å². The maximum absolute atomic E-state index is 12.0. The average molecular weight is 325 g/mol. The molecule has 1 aliphatic rings. The van der Waals surface area contributed by atoms with Gasteiger partial charge in [-0.3, -0.25) is 9.69 Å². The van der Waals surface area contributed by atoms with Crippen LogP contribution in [0.2, 0.25) is 0 Å². The average Bonchev–Trinajstić information content (AvgIpc) is 2.59. The second-order valence-electron chi connectivity index (χ2n) is 6.97. The van der Waals surface area contributed by atoms with Gasteiger partial charge in [-0.1, -0.05) is 24.3 Å². The summed E-state index contributed by atoms with van der Waals surface area (Å²) in [6.45, 7) is 9.47. The van der Waals surface area contributed by atoms with Crippen molar-refractivity contribution < 1.29 is 0 Å². The lowest BCUT2D eigenvalue weighted by atomic mass is 10.0. The molecule has 1 fully saturated rings. The van der Waals surface area contributed by atoms with Crippen molar-refractivity contribution in [3.8, 4) is 11.1 Å². The number of hydrogen-bond donors (Lipinski definition) is 0. The number of piperazine rings is 1. The Kier molecular flexibility index (Phi) is 4.88. The SMILES string of the molecule is Cc1cc(-c2ccc(CN3CCN(C)CC3)cc2)c(C)n(C)c1=O. The first-order chi connectivity index (χ1) is 11.5. The van der Waals surface area contributed by atoms with Gasteiger partial charge in [-0.2, -0.15) is 0 Å². The number of likely N-dealkylation sites (N-methyl/N-ethyl adjacent to an activating group) is 1. The minimum absolute atomic E-state index is 0.0861. The predicted molar refractivity (Wildman–Crippen MR) is 99.4 cm³/mol. The Morgan fingerprint density at radius 3 is 2.21 bits per heavy atom. The smallest absolute Gasteiger partial charge is 0.253 e. The van der Waals surface area contributed by atoms with Crippen molar-refractivity contribution in [1.82, 2.24) is 14.4 Å². The van der Waals surface area contributed by atoms with Crippen molar-refractivity contribution >= 4 is 0 Å². The zero-order valence-electron chi connectivity index (χ0n) is 15.2. The number of benzene rings is 1. The molecule has 4 heteroatoms. The van der Waals surface area contributed by atoms with Crippen molar-refractivity contribution in [3.05, 3.63) is 57.5 Å². The molecule has 0 unspecified atom stereocenters. The Bertz CT molecular complexity index is 769. The van der Waals surface area contributed by atoms with E-state index in [1.807, 2.05) is 27.0 Å². The number of hydrogen-bond acceptors (Lipinski definition) is 3. The maximum atomic E-state index is 12.0. The van der Waals surface area contributed by atoms with Crippen LogP contribution in [0.15, 0.2) is 35.1 Å². The van der Waals surface area contributed by atoms with Gasteiger partial charge in [0.05, 0.1) is 0 Å². The van der Waals surface area contributed by atoms with Gasteiger partial charge in [0.15, 0.2) is 0 Å². The molecular formula is C20H27N3O. The second-order valence-corrected chi connectivity index (χ2v) is 6.97. The highest BCUT2D eigenvalue weighted by atomic mass is 16.1. The quantitative estimate of drug-likeness (QED) is 0.868. The third-order valence-electron chi connectivity index (χ3n) is 5.16. The van der Waals surface area contributed by atoms with Crippen LogP contribution in [0.25, 0.3) is 11.1 Å². The summed E-state index contributed by atoms with van der Waals surface area (Å²) < 4.78 is 1.74. The summed E-state index contributed by atoms with van der Waals surface area (Å²) in [7, 11) is 4.03. The van der Waals surface area contributed by atoms with Gasteiger partial charge in [0, 0.05) is 56.6 Å². The monoisotopic (exact) mass is 325 g/mol. The zero-order valence-corrected chi connectivity index (χ0v) is 15.2. The van der Waals surface area contributed by atoms with Crippen LogP contribution in [0.4, 0.5) is 0 Å². The molecule has 128 valence electrons. The molecule has 0 spiro atoms. The van der Waals surface area contributed by atoms with Crippen LogP contribution in [0.5, 0.6) is 0 Å². The van der Waals surface area contributed by atoms with E-state index in [1.54, 1.807) is 4.57 Å². The van der Waals surface area contributed by atoms with Crippen LogP contribution >= 0.6 is 0 Å². The van der Waals surface area contributed by atoms with Crippen LogP contribution in [0.3, 0.4) is 0 Å². The highest BCUT2D eigenvalue weighted by Crippen LogP contribution is 2.23. The molecule has 1 aliphatic heterocycles. The molecular weight excluding hydrogens is 298 g/mol. The Hall–Kier alpha value is -1.91. The van der Waals surface area contributed by atoms with E-state index in [0.29, 0.717) is 0 Å². The van der Waals surface area contributed by atoms with E-state index < -0.39 is 0 Å². The summed E-state index contributed by atoms with van der Waals surface area (Å²) >= 11 is 0. The van der Waals surface area contributed by atoms with Gasteiger partial charge in [-0.15, -0.1) is 0 Å². The van der Waals surface area contributed by atoms with Gasteiger partial charge in [0.2, 0.25) is 0 Å². The molecule has 0 radical (unpaired) electrons. The highest BCUT2D eigenvalue weighted by Gasteiger charge is 2.14. The number of aromatic nitrogens is 1. The molecule has 0 atom stereocenters. The van der Waals surface area contributed by atoms with Crippen molar-refractivity contribution in [1.29, 1.82) is 0 Å². The molecule has 1 saturated heterocycles. The lowest BCUT2D eigenvalue weighted by Crippen LogP contribution is -2.43. The van der Waals surface area contributed by atoms with E-state index in [1.165, 1.54) is 11.1 Å². The van der Waals surface area contributed by atoms with Crippen molar-refractivity contribution in [2.45, 2.75) is 20.4 Å². The first-order valence-electron chi connectivity index (χ1n) is 8.63. The number of nitrogens with zero attached hydrogens (tertiary/aromatic N) is 3. The third-order valence-corrected chi connectivity index (χ3v) is 5.16. The molecule has 0 N–H and O–H groups in total. The summed E-state index contributed by atoms with van der Waals surface area (Å²) in [5.74, 6) is 0.